The molecule has 0 aromatic heterocycles. The van der Waals surface area contributed by atoms with Gasteiger partial charge in [-0.1, -0.05) is 126 Å². The van der Waals surface area contributed by atoms with Gasteiger partial charge in [0, 0.05) is 22.5 Å². The lowest BCUT2D eigenvalue weighted by atomic mass is 9.70. The maximum Gasteiger partial charge on any atom is 0.335 e. The SMILES string of the molecule is CCCCCCC1(CCCCCC)c2ccccc2-c2ccc(N(c3ccc(C(=O)O)cc3)c3ccc4ccccc4c3)cc21. The Kier molecular flexibility index (Phi) is 9.35. The first-order valence-electron chi connectivity index (χ1n) is 16.9. The summed E-state index contributed by atoms with van der Waals surface area (Å²) in [7, 11) is 0. The molecule has 0 amide bonds. The summed E-state index contributed by atoms with van der Waals surface area (Å²) >= 11 is 0. The molecule has 3 nitrogen and oxygen atoms in total. The maximum absolute atomic E-state index is 11.7. The third kappa shape index (κ3) is 6.14. The fourth-order valence-corrected chi connectivity index (χ4v) is 7.47. The Bertz CT molecular complexity index is 1760. The average Bonchev–Trinajstić information content (AvgIpc) is 3.34. The molecular weight excluding hydrogens is 550 g/mol. The van der Waals surface area contributed by atoms with Crippen molar-refractivity contribution in [2.45, 2.75) is 83.5 Å². The third-order valence-electron chi connectivity index (χ3n) is 9.79. The van der Waals surface area contributed by atoms with Crippen LogP contribution in [0.15, 0.2) is 109 Å². The summed E-state index contributed by atoms with van der Waals surface area (Å²) in [5.74, 6) is -0.912. The molecule has 230 valence electrons. The van der Waals surface area contributed by atoms with E-state index in [1.807, 2.05) is 12.1 Å². The Labute approximate surface area is 268 Å². The molecule has 0 spiro atoms. The van der Waals surface area contributed by atoms with Gasteiger partial charge in [-0.3, -0.25) is 0 Å². The van der Waals surface area contributed by atoms with E-state index in [1.54, 1.807) is 12.1 Å². The van der Waals surface area contributed by atoms with Crippen molar-refractivity contribution >= 4 is 33.8 Å². The largest absolute Gasteiger partial charge is 0.478 e. The number of benzene rings is 5. The molecule has 0 saturated carbocycles. The van der Waals surface area contributed by atoms with Gasteiger partial charge in [0.15, 0.2) is 0 Å². The Morgan fingerprint density at radius 2 is 1.16 bits per heavy atom. The highest BCUT2D eigenvalue weighted by molar-refractivity contribution is 5.92. The molecule has 5 aromatic rings. The average molecular weight is 596 g/mol. The first-order valence-corrected chi connectivity index (χ1v) is 16.9. The fraction of sp³-hybridized carbons (Fsp3) is 0.310. The first-order chi connectivity index (χ1) is 22.1. The number of nitrogens with zero attached hydrogens (tertiary/aromatic N) is 1. The minimum absolute atomic E-state index is 0.00829. The van der Waals surface area contributed by atoms with Gasteiger partial charge in [-0.15, -0.1) is 0 Å². The fourth-order valence-electron chi connectivity index (χ4n) is 7.47. The molecule has 0 saturated heterocycles. The van der Waals surface area contributed by atoms with Crippen molar-refractivity contribution in [1.29, 1.82) is 0 Å². The lowest BCUT2D eigenvalue weighted by Crippen LogP contribution is -2.26. The summed E-state index contributed by atoms with van der Waals surface area (Å²) in [5.41, 5.74) is 9.08. The molecule has 0 fully saturated rings. The highest BCUT2D eigenvalue weighted by Crippen LogP contribution is 2.55. The molecule has 45 heavy (non-hydrogen) atoms. The van der Waals surface area contributed by atoms with E-state index in [9.17, 15) is 9.90 Å². The second-order valence-corrected chi connectivity index (χ2v) is 12.7. The van der Waals surface area contributed by atoms with E-state index in [1.165, 1.54) is 84.4 Å². The molecule has 1 N–H and O–H groups in total. The van der Waals surface area contributed by atoms with E-state index in [4.69, 9.17) is 0 Å². The van der Waals surface area contributed by atoms with Crippen molar-refractivity contribution in [1.82, 2.24) is 0 Å². The predicted octanol–water partition coefficient (Wildman–Crippen LogP) is 12.2. The molecule has 0 aliphatic heterocycles. The summed E-state index contributed by atoms with van der Waals surface area (Å²) < 4.78 is 0. The summed E-state index contributed by atoms with van der Waals surface area (Å²) in [6.45, 7) is 4.58. The number of fused-ring (bicyclic) bond motifs is 4. The van der Waals surface area contributed by atoms with E-state index in [2.05, 4.69) is 104 Å². The van der Waals surface area contributed by atoms with Crippen molar-refractivity contribution in [3.05, 3.63) is 126 Å². The molecule has 6 rings (SSSR count). The van der Waals surface area contributed by atoms with Gasteiger partial charge in [0.1, 0.15) is 0 Å². The summed E-state index contributed by atoms with van der Waals surface area (Å²) in [5, 5.41) is 12.0. The van der Waals surface area contributed by atoms with Crippen LogP contribution in [0.1, 0.15) is 99.5 Å². The number of aromatic carboxylic acids is 1. The van der Waals surface area contributed by atoms with Crippen LogP contribution < -0.4 is 4.90 Å². The Morgan fingerprint density at radius 1 is 0.578 bits per heavy atom. The monoisotopic (exact) mass is 595 g/mol. The molecule has 0 atom stereocenters. The number of hydrogen-bond acceptors (Lipinski definition) is 2. The molecule has 0 radical (unpaired) electrons. The van der Waals surface area contributed by atoms with Gasteiger partial charge < -0.3 is 10.0 Å². The number of hydrogen-bond donors (Lipinski definition) is 1. The zero-order valence-electron chi connectivity index (χ0n) is 26.8. The second kappa shape index (κ2) is 13.7. The number of anilines is 3. The molecule has 1 aliphatic carbocycles. The molecule has 5 aromatic carbocycles. The van der Waals surface area contributed by atoms with Crippen molar-refractivity contribution in [3.8, 4) is 11.1 Å². The zero-order chi connectivity index (χ0) is 31.2. The van der Waals surface area contributed by atoms with Crippen molar-refractivity contribution in [2.24, 2.45) is 0 Å². The lowest BCUT2D eigenvalue weighted by molar-refractivity contribution is 0.0697. The van der Waals surface area contributed by atoms with Crippen LogP contribution in [0.5, 0.6) is 0 Å². The van der Waals surface area contributed by atoms with Crippen LogP contribution >= 0.6 is 0 Å². The van der Waals surface area contributed by atoms with Gasteiger partial charge in [-0.25, -0.2) is 4.79 Å². The van der Waals surface area contributed by atoms with Gasteiger partial charge >= 0.3 is 5.97 Å². The van der Waals surface area contributed by atoms with Crippen molar-refractivity contribution < 1.29 is 9.90 Å². The van der Waals surface area contributed by atoms with Crippen LogP contribution in [0.25, 0.3) is 21.9 Å². The molecule has 0 heterocycles. The van der Waals surface area contributed by atoms with Crippen molar-refractivity contribution in [3.63, 3.8) is 0 Å². The minimum atomic E-state index is -0.912. The van der Waals surface area contributed by atoms with Gasteiger partial charge in [-0.05, 0) is 94.4 Å². The lowest BCUT2D eigenvalue weighted by Gasteiger charge is -2.34. The molecule has 1 aliphatic rings. The van der Waals surface area contributed by atoms with E-state index in [0.717, 1.165) is 29.9 Å². The molecule has 0 bridgehead atoms. The van der Waals surface area contributed by atoms with Crippen LogP contribution in [-0.2, 0) is 5.41 Å². The Morgan fingerprint density at radius 3 is 1.84 bits per heavy atom. The van der Waals surface area contributed by atoms with E-state index in [0.29, 0.717) is 5.56 Å². The number of carboxylic acid groups (broad SMARTS) is 1. The molecule has 0 unspecified atom stereocenters. The van der Waals surface area contributed by atoms with Gasteiger partial charge in [0.25, 0.3) is 0 Å². The normalized spacial score (nSPS) is 13.0. The van der Waals surface area contributed by atoms with Crippen molar-refractivity contribution in [2.75, 3.05) is 4.90 Å². The topological polar surface area (TPSA) is 40.5 Å². The van der Waals surface area contributed by atoms with Gasteiger partial charge in [0.05, 0.1) is 5.56 Å². The quantitative estimate of drug-likeness (QED) is 0.130. The maximum atomic E-state index is 11.7. The Balaban J connectivity index is 1.51. The van der Waals surface area contributed by atoms with Gasteiger partial charge in [0.2, 0.25) is 0 Å². The number of carboxylic acids is 1. The van der Waals surface area contributed by atoms with Gasteiger partial charge in [-0.2, -0.15) is 0 Å². The summed E-state index contributed by atoms with van der Waals surface area (Å²) in [6, 6.07) is 38.5. The first kappa shape index (κ1) is 30.6. The number of carbonyl (C=O) groups is 1. The van der Waals surface area contributed by atoms with E-state index < -0.39 is 5.97 Å². The zero-order valence-corrected chi connectivity index (χ0v) is 26.8. The van der Waals surface area contributed by atoms with Crippen LogP contribution in [-0.4, -0.2) is 11.1 Å². The van der Waals surface area contributed by atoms with E-state index in [-0.39, 0.29) is 5.41 Å². The van der Waals surface area contributed by atoms with Crippen LogP contribution in [0.3, 0.4) is 0 Å². The number of rotatable bonds is 14. The third-order valence-corrected chi connectivity index (χ3v) is 9.79. The smallest absolute Gasteiger partial charge is 0.335 e. The van der Waals surface area contributed by atoms with Crippen LogP contribution in [0, 0.1) is 0 Å². The highest BCUT2D eigenvalue weighted by atomic mass is 16.4. The van der Waals surface area contributed by atoms with Crippen LogP contribution in [0.4, 0.5) is 17.1 Å². The molecule has 3 heteroatoms. The highest BCUT2D eigenvalue weighted by Gasteiger charge is 2.42. The predicted molar refractivity (Wildman–Crippen MR) is 189 cm³/mol. The van der Waals surface area contributed by atoms with Crippen LogP contribution in [0.2, 0.25) is 0 Å². The summed E-state index contributed by atoms with van der Waals surface area (Å²) in [6.07, 6.45) is 12.4. The Hall–Kier alpha value is -4.37. The number of unbranched alkanes of at least 4 members (excludes halogenated alkanes) is 6. The standard InChI is InChI=1S/C42H45NO2/c1-3-5-7-13-27-42(28-14-8-6-4-2)39-18-12-11-17-37(39)38-26-25-36(30-40(38)42)43(34-22-20-32(21-23-34)41(44)45)35-24-19-31-15-9-10-16-33(31)29-35/h9-12,15-26,29-30H,3-8,13-14,27-28H2,1-2H3,(H,44,45). The van der Waals surface area contributed by atoms with E-state index >= 15 is 0 Å². The summed E-state index contributed by atoms with van der Waals surface area (Å²) in [4.78, 5) is 14.0. The second-order valence-electron chi connectivity index (χ2n) is 12.7. The molecular formula is C42H45NO2. The minimum Gasteiger partial charge on any atom is -0.478 e.